The van der Waals surface area contributed by atoms with Crippen molar-refractivity contribution in [3.05, 3.63) is 24.3 Å². The standard InChI is InChI=1S/C15H21F2N3OS/c16-14(17)21-13-6-4-12(5-7-13)19-15(22)18-8-3-11-20-9-1-2-10-20/h4-7,14H,1-3,8-11H2,(H2,18,19,22)/p+1. The third-order valence-corrected chi connectivity index (χ3v) is 3.89. The van der Waals surface area contributed by atoms with Crippen LogP contribution in [0.1, 0.15) is 19.3 Å². The van der Waals surface area contributed by atoms with Gasteiger partial charge in [-0.15, -0.1) is 0 Å². The zero-order valence-electron chi connectivity index (χ0n) is 12.4. The van der Waals surface area contributed by atoms with Crippen LogP contribution in [0.25, 0.3) is 0 Å². The van der Waals surface area contributed by atoms with Crippen LogP contribution < -0.4 is 20.3 Å². The Labute approximate surface area is 134 Å². The molecule has 2 rings (SSSR count). The number of anilines is 1. The van der Waals surface area contributed by atoms with Crippen LogP contribution in [0, 0.1) is 0 Å². The number of ether oxygens (including phenoxy) is 1. The maximum Gasteiger partial charge on any atom is 0.387 e. The SMILES string of the molecule is FC(F)Oc1ccc(NC(=S)NCCC[NH+]2CCCC2)cc1. The van der Waals surface area contributed by atoms with E-state index in [0.29, 0.717) is 5.11 Å². The molecule has 1 aliphatic heterocycles. The van der Waals surface area contributed by atoms with Crippen LogP contribution in [0.5, 0.6) is 5.75 Å². The Balaban J connectivity index is 1.63. The second kappa shape index (κ2) is 8.85. The normalized spacial score (nSPS) is 15.0. The Morgan fingerprint density at radius 2 is 1.91 bits per heavy atom. The van der Waals surface area contributed by atoms with E-state index < -0.39 is 6.61 Å². The predicted octanol–water partition coefficient (Wildman–Crippen LogP) is 1.64. The summed E-state index contributed by atoms with van der Waals surface area (Å²) in [4.78, 5) is 1.68. The molecule has 1 aromatic carbocycles. The zero-order chi connectivity index (χ0) is 15.8. The largest absolute Gasteiger partial charge is 0.435 e. The smallest absolute Gasteiger partial charge is 0.387 e. The topological polar surface area (TPSA) is 37.7 Å². The molecule has 0 unspecified atom stereocenters. The summed E-state index contributed by atoms with van der Waals surface area (Å²) in [5.74, 6) is 0.132. The second-order valence-electron chi connectivity index (χ2n) is 5.34. The van der Waals surface area contributed by atoms with E-state index in [4.69, 9.17) is 12.2 Å². The van der Waals surface area contributed by atoms with Gasteiger partial charge in [-0.25, -0.2) is 0 Å². The van der Waals surface area contributed by atoms with E-state index in [1.807, 2.05) is 0 Å². The van der Waals surface area contributed by atoms with E-state index >= 15 is 0 Å². The van der Waals surface area contributed by atoms with Crippen molar-refractivity contribution in [1.82, 2.24) is 5.32 Å². The van der Waals surface area contributed by atoms with Crippen LogP contribution in [0.2, 0.25) is 0 Å². The van der Waals surface area contributed by atoms with Gasteiger partial charge in [0.2, 0.25) is 0 Å². The molecular weight excluding hydrogens is 308 g/mol. The number of quaternary nitrogens is 1. The fraction of sp³-hybridized carbons (Fsp3) is 0.533. The summed E-state index contributed by atoms with van der Waals surface area (Å²) in [5, 5.41) is 6.72. The zero-order valence-corrected chi connectivity index (χ0v) is 13.2. The minimum Gasteiger partial charge on any atom is -0.435 e. The van der Waals surface area contributed by atoms with Gasteiger partial charge in [0.25, 0.3) is 0 Å². The molecule has 1 aliphatic rings. The van der Waals surface area contributed by atoms with Gasteiger partial charge in [-0.3, -0.25) is 0 Å². The lowest BCUT2D eigenvalue weighted by atomic mass is 10.3. The lowest BCUT2D eigenvalue weighted by Crippen LogP contribution is -3.10. The van der Waals surface area contributed by atoms with Crippen LogP contribution in [0.4, 0.5) is 14.5 Å². The Bertz CT molecular complexity index is 464. The molecule has 0 atom stereocenters. The fourth-order valence-corrected chi connectivity index (χ4v) is 2.78. The van der Waals surface area contributed by atoms with E-state index in [1.54, 1.807) is 17.0 Å². The number of halogens is 2. The Hall–Kier alpha value is -1.47. The number of alkyl halides is 2. The number of thiocarbonyl (C=S) groups is 1. The van der Waals surface area contributed by atoms with Gasteiger partial charge in [0.05, 0.1) is 19.6 Å². The van der Waals surface area contributed by atoms with Crippen LogP contribution in [0.3, 0.4) is 0 Å². The molecule has 7 heteroatoms. The first-order chi connectivity index (χ1) is 10.6. The molecule has 3 N–H and O–H groups in total. The van der Waals surface area contributed by atoms with Crippen molar-refractivity contribution < 1.29 is 18.4 Å². The number of rotatable bonds is 7. The second-order valence-corrected chi connectivity index (χ2v) is 5.75. The minimum absolute atomic E-state index is 0.132. The van der Waals surface area contributed by atoms with Gasteiger partial charge in [-0.1, -0.05) is 0 Å². The molecule has 0 saturated carbocycles. The molecule has 22 heavy (non-hydrogen) atoms. The molecular formula is C15H22F2N3OS+. The van der Waals surface area contributed by atoms with E-state index in [9.17, 15) is 8.78 Å². The third kappa shape index (κ3) is 6.11. The van der Waals surface area contributed by atoms with Gasteiger partial charge >= 0.3 is 6.61 Å². The number of likely N-dealkylation sites (tertiary alicyclic amines) is 1. The van der Waals surface area contributed by atoms with Crippen molar-refractivity contribution >= 4 is 23.0 Å². The highest BCUT2D eigenvalue weighted by atomic mass is 32.1. The van der Waals surface area contributed by atoms with Crippen molar-refractivity contribution in [3.63, 3.8) is 0 Å². The summed E-state index contributed by atoms with van der Waals surface area (Å²) in [6.07, 6.45) is 3.76. The van der Waals surface area contributed by atoms with Crippen LogP contribution in [0.15, 0.2) is 24.3 Å². The molecule has 4 nitrogen and oxygen atoms in total. The molecule has 0 bridgehead atoms. The first-order valence-electron chi connectivity index (χ1n) is 7.57. The van der Waals surface area contributed by atoms with Crippen molar-refractivity contribution in [2.45, 2.75) is 25.9 Å². The first-order valence-corrected chi connectivity index (χ1v) is 7.97. The molecule has 0 radical (unpaired) electrons. The molecule has 1 aromatic rings. The minimum atomic E-state index is -2.81. The molecule has 1 heterocycles. The monoisotopic (exact) mass is 330 g/mol. The molecule has 122 valence electrons. The average molecular weight is 330 g/mol. The molecule has 0 aromatic heterocycles. The van der Waals surface area contributed by atoms with Crippen molar-refractivity contribution in [2.24, 2.45) is 0 Å². The van der Waals surface area contributed by atoms with Gasteiger partial charge in [-0.05, 0) is 36.5 Å². The summed E-state index contributed by atoms with van der Waals surface area (Å²) < 4.78 is 28.4. The predicted molar refractivity (Wildman–Crippen MR) is 86.7 cm³/mol. The van der Waals surface area contributed by atoms with Crippen LogP contribution >= 0.6 is 12.2 Å². The van der Waals surface area contributed by atoms with Crippen molar-refractivity contribution in [2.75, 3.05) is 31.5 Å². The van der Waals surface area contributed by atoms with Gasteiger partial charge in [-0.2, -0.15) is 8.78 Å². The molecule has 0 aliphatic carbocycles. The van der Waals surface area contributed by atoms with Gasteiger partial charge in [0.1, 0.15) is 5.75 Å². The Kier molecular flexibility index (Phi) is 6.79. The van der Waals surface area contributed by atoms with Gasteiger partial charge in [0.15, 0.2) is 5.11 Å². The highest BCUT2D eigenvalue weighted by Crippen LogP contribution is 2.17. The number of hydrogen-bond donors (Lipinski definition) is 3. The van der Waals surface area contributed by atoms with E-state index in [1.165, 1.54) is 44.6 Å². The lowest BCUT2D eigenvalue weighted by Gasteiger charge is -2.14. The quantitative estimate of drug-likeness (QED) is 0.525. The molecule has 1 fully saturated rings. The molecule has 0 amide bonds. The van der Waals surface area contributed by atoms with Crippen LogP contribution in [-0.2, 0) is 0 Å². The summed E-state index contributed by atoms with van der Waals surface area (Å²) in [5.41, 5.74) is 0.740. The summed E-state index contributed by atoms with van der Waals surface area (Å²) in [6, 6.07) is 6.27. The van der Waals surface area contributed by atoms with Gasteiger partial charge in [0, 0.05) is 31.5 Å². The number of nitrogens with one attached hydrogen (secondary N) is 3. The maximum atomic E-state index is 12.0. The third-order valence-electron chi connectivity index (χ3n) is 3.64. The van der Waals surface area contributed by atoms with E-state index in [-0.39, 0.29) is 5.75 Å². The summed E-state index contributed by atoms with van der Waals surface area (Å²) >= 11 is 5.21. The number of benzene rings is 1. The highest BCUT2D eigenvalue weighted by molar-refractivity contribution is 7.80. The highest BCUT2D eigenvalue weighted by Gasteiger charge is 2.13. The summed E-state index contributed by atoms with van der Waals surface area (Å²) in [6.45, 7) is 1.78. The Morgan fingerprint density at radius 1 is 1.23 bits per heavy atom. The van der Waals surface area contributed by atoms with Crippen molar-refractivity contribution in [3.8, 4) is 5.75 Å². The molecule has 0 spiro atoms. The number of hydrogen-bond acceptors (Lipinski definition) is 2. The molecule has 1 saturated heterocycles. The summed E-state index contributed by atoms with van der Waals surface area (Å²) in [7, 11) is 0. The van der Waals surface area contributed by atoms with E-state index in [2.05, 4.69) is 15.4 Å². The maximum absolute atomic E-state index is 12.0. The van der Waals surface area contributed by atoms with Crippen molar-refractivity contribution in [1.29, 1.82) is 0 Å². The Morgan fingerprint density at radius 3 is 2.55 bits per heavy atom. The average Bonchev–Trinajstić information content (AvgIpc) is 2.98. The lowest BCUT2D eigenvalue weighted by molar-refractivity contribution is -0.887. The fourth-order valence-electron chi connectivity index (χ4n) is 2.56. The van der Waals surface area contributed by atoms with Crippen LogP contribution in [-0.4, -0.2) is 37.9 Å². The first kappa shape index (κ1) is 16.9. The van der Waals surface area contributed by atoms with E-state index in [0.717, 1.165) is 18.7 Å². The van der Waals surface area contributed by atoms with Gasteiger partial charge < -0.3 is 20.3 Å².